The molecule has 1 amide bonds. The quantitative estimate of drug-likeness (QED) is 0.369. The summed E-state index contributed by atoms with van der Waals surface area (Å²) in [7, 11) is 4.98. The fraction of sp³-hybridized carbons (Fsp3) is 0.367. The number of halogens is 1. The zero-order chi connectivity index (χ0) is 26.2. The molecule has 0 bridgehead atoms. The summed E-state index contributed by atoms with van der Waals surface area (Å²) >= 11 is 6.09. The monoisotopic (exact) mass is 522 g/mol. The van der Waals surface area contributed by atoms with E-state index >= 15 is 0 Å². The lowest BCUT2D eigenvalue weighted by molar-refractivity contribution is -0.122. The highest BCUT2D eigenvalue weighted by atomic mass is 35.5. The minimum atomic E-state index is 0.0604. The molecule has 0 aromatic heterocycles. The fourth-order valence-electron chi connectivity index (χ4n) is 5.06. The predicted molar refractivity (Wildman–Crippen MR) is 147 cm³/mol. The van der Waals surface area contributed by atoms with Gasteiger partial charge >= 0.3 is 0 Å². The third-order valence-electron chi connectivity index (χ3n) is 7.05. The number of nitrogens with one attached hydrogen (secondary N) is 1. The third kappa shape index (κ3) is 7.18. The highest BCUT2D eigenvalue weighted by molar-refractivity contribution is 6.30. The lowest BCUT2D eigenvalue weighted by Gasteiger charge is -2.19. The van der Waals surface area contributed by atoms with Crippen molar-refractivity contribution in [1.29, 1.82) is 0 Å². The van der Waals surface area contributed by atoms with Crippen molar-refractivity contribution >= 4 is 17.5 Å². The van der Waals surface area contributed by atoms with Crippen LogP contribution in [0.25, 0.3) is 0 Å². The van der Waals surface area contributed by atoms with Crippen LogP contribution in [0, 0.1) is 5.92 Å². The summed E-state index contributed by atoms with van der Waals surface area (Å²) < 4.78 is 16.2. The molecule has 196 valence electrons. The van der Waals surface area contributed by atoms with Crippen molar-refractivity contribution in [2.45, 2.75) is 25.3 Å². The van der Waals surface area contributed by atoms with Gasteiger partial charge in [-0.3, -0.25) is 4.79 Å². The number of likely N-dealkylation sites (tertiary alicyclic amines) is 1. The van der Waals surface area contributed by atoms with Gasteiger partial charge in [0.15, 0.2) is 11.5 Å². The number of benzene rings is 3. The molecule has 0 saturated carbocycles. The van der Waals surface area contributed by atoms with Gasteiger partial charge in [0.2, 0.25) is 5.91 Å². The highest BCUT2D eigenvalue weighted by Crippen LogP contribution is 2.36. The molecule has 3 aromatic rings. The zero-order valence-corrected chi connectivity index (χ0v) is 22.5. The number of methoxy groups -OCH3 is 3. The van der Waals surface area contributed by atoms with Gasteiger partial charge in [0.1, 0.15) is 5.75 Å². The number of hydrogen-bond donors (Lipinski definition) is 1. The molecule has 0 radical (unpaired) electrons. The van der Waals surface area contributed by atoms with Crippen molar-refractivity contribution in [1.82, 2.24) is 10.2 Å². The van der Waals surface area contributed by atoms with Crippen LogP contribution in [0.3, 0.4) is 0 Å². The Kier molecular flexibility index (Phi) is 9.31. The molecule has 0 unspecified atom stereocenters. The number of carbonyl (C=O) groups excluding carboxylic acids is 1. The smallest absolute Gasteiger partial charge is 0.220 e. The topological polar surface area (TPSA) is 60.0 Å². The third-order valence-corrected chi connectivity index (χ3v) is 7.29. The average molecular weight is 523 g/mol. The lowest BCUT2D eigenvalue weighted by Crippen LogP contribution is -2.28. The summed E-state index contributed by atoms with van der Waals surface area (Å²) in [4.78, 5) is 15.4. The van der Waals surface area contributed by atoms with E-state index in [9.17, 15) is 4.79 Å². The van der Waals surface area contributed by atoms with Crippen LogP contribution in [-0.2, 0) is 17.8 Å². The van der Waals surface area contributed by atoms with E-state index in [1.54, 1.807) is 21.3 Å². The molecular formula is C30H35ClN2O4. The largest absolute Gasteiger partial charge is 0.497 e. The van der Waals surface area contributed by atoms with Crippen molar-refractivity contribution < 1.29 is 19.0 Å². The van der Waals surface area contributed by atoms with Crippen LogP contribution in [0.4, 0.5) is 0 Å². The maximum Gasteiger partial charge on any atom is 0.220 e. The zero-order valence-electron chi connectivity index (χ0n) is 21.7. The summed E-state index contributed by atoms with van der Waals surface area (Å²) in [6, 6.07) is 21.9. The van der Waals surface area contributed by atoms with Crippen molar-refractivity contribution in [3.8, 4) is 17.2 Å². The van der Waals surface area contributed by atoms with Gasteiger partial charge < -0.3 is 24.4 Å². The molecular weight excluding hydrogens is 488 g/mol. The maximum atomic E-state index is 12.9. The molecule has 1 aliphatic rings. The van der Waals surface area contributed by atoms with Gasteiger partial charge in [-0.1, -0.05) is 41.9 Å². The number of rotatable bonds is 11. The minimum Gasteiger partial charge on any atom is -0.497 e. The Morgan fingerprint density at radius 3 is 2.41 bits per heavy atom. The molecule has 1 fully saturated rings. The van der Waals surface area contributed by atoms with Crippen LogP contribution in [0.5, 0.6) is 17.2 Å². The Morgan fingerprint density at radius 1 is 0.919 bits per heavy atom. The van der Waals surface area contributed by atoms with Gasteiger partial charge in [-0.05, 0) is 65.4 Å². The highest BCUT2D eigenvalue weighted by Gasteiger charge is 2.35. The normalized spacial score (nSPS) is 17.4. The van der Waals surface area contributed by atoms with Gasteiger partial charge in [-0.25, -0.2) is 0 Å². The predicted octanol–water partition coefficient (Wildman–Crippen LogP) is 5.33. The SMILES string of the molecule is COc1ccc([C@H]2CN(CCc3ccc(OC)c(OC)c3)C[C@@H]2CC(=O)NCc2cccc(Cl)c2)cc1. The number of amides is 1. The van der Waals surface area contributed by atoms with Crippen LogP contribution in [0.1, 0.15) is 29.0 Å². The van der Waals surface area contributed by atoms with Gasteiger partial charge in [0.25, 0.3) is 0 Å². The van der Waals surface area contributed by atoms with E-state index < -0.39 is 0 Å². The Hall–Kier alpha value is -3.22. The molecule has 6 nitrogen and oxygen atoms in total. The molecule has 1 heterocycles. The minimum absolute atomic E-state index is 0.0604. The van der Waals surface area contributed by atoms with Crippen LogP contribution in [-0.4, -0.2) is 51.8 Å². The second kappa shape index (κ2) is 12.8. The lowest BCUT2D eigenvalue weighted by atomic mass is 9.86. The van der Waals surface area contributed by atoms with E-state index in [1.165, 1.54) is 11.1 Å². The Labute approximate surface area is 224 Å². The molecule has 3 aromatic carbocycles. The van der Waals surface area contributed by atoms with E-state index in [4.69, 9.17) is 25.8 Å². The van der Waals surface area contributed by atoms with E-state index in [2.05, 4.69) is 28.4 Å². The van der Waals surface area contributed by atoms with E-state index in [-0.39, 0.29) is 17.7 Å². The second-order valence-electron chi connectivity index (χ2n) is 9.45. The van der Waals surface area contributed by atoms with Crippen LogP contribution >= 0.6 is 11.6 Å². The Balaban J connectivity index is 1.41. The maximum absolute atomic E-state index is 12.9. The summed E-state index contributed by atoms with van der Waals surface area (Å²) in [5.74, 6) is 2.86. The standard InChI is InChI=1S/C30H35ClN2O4/c1-35-26-10-8-23(9-11-26)27-20-33(14-13-21-7-12-28(36-2)29(16-21)37-3)19-24(27)17-30(34)32-18-22-5-4-6-25(31)15-22/h4-12,15-16,24,27H,13-14,17-20H2,1-3H3,(H,32,34)/t24-,27+/m0/s1. The molecule has 1 N–H and O–H groups in total. The van der Waals surface area contributed by atoms with Crippen LogP contribution in [0.15, 0.2) is 66.7 Å². The molecule has 7 heteroatoms. The summed E-state index contributed by atoms with van der Waals surface area (Å²) in [6.45, 7) is 3.16. The number of nitrogens with zero attached hydrogens (tertiary/aromatic N) is 1. The van der Waals surface area contributed by atoms with Crippen molar-refractivity contribution in [3.63, 3.8) is 0 Å². The molecule has 4 rings (SSSR count). The number of hydrogen-bond acceptors (Lipinski definition) is 5. The first-order chi connectivity index (χ1) is 18.0. The van der Waals surface area contributed by atoms with Gasteiger partial charge in [-0.2, -0.15) is 0 Å². The molecule has 0 spiro atoms. The van der Waals surface area contributed by atoms with Crippen molar-refractivity contribution in [2.75, 3.05) is 41.0 Å². The molecule has 1 aliphatic heterocycles. The van der Waals surface area contributed by atoms with Gasteiger partial charge in [-0.15, -0.1) is 0 Å². The van der Waals surface area contributed by atoms with E-state index in [0.717, 1.165) is 48.9 Å². The average Bonchev–Trinajstić information content (AvgIpc) is 3.33. The summed E-state index contributed by atoms with van der Waals surface area (Å²) in [6.07, 6.45) is 1.37. The van der Waals surface area contributed by atoms with Crippen LogP contribution in [0.2, 0.25) is 5.02 Å². The first kappa shape index (κ1) is 26.8. The van der Waals surface area contributed by atoms with E-state index in [0.29, 0.717) is 18.0 Å². The van der Waals surface area contributed by atoms with Gasteiger partial charge in [0, 0.05) is 43.5 Å². The molecule has 2 atom stereocenters. The fourth-order valence-corrected chi connectivity index (χ4v) is 5.27. The second-order valence-corrected chi connectivity index (χ2v) is 9.89. The summed E-state index contributed by atoms with van der Waals surface area (Å²) in [5, 5.41) is 3.75. The first-order valence-electron chi connectivity index (χ1n) is 12.6. The van der Waals surface area contributed by atoms with Crippen molar-refractivity contribution in [3.05, 3.63) is 88.4 Å². The first-order valence-corrected chi connectivity index (χ1v) is 12.9. The summed E-state index contributed by atoms with van der Waals surface area (Å²) in [5.41, 5.74) is 3.43. The van der Waals surface area contributed by atoms with Crippen molar-refractivity contribution in [2.24, 2.45) is 5.92 Å². The molecule has 1 saturated heterocycles. The Morgan fingerprint density at radius 2 is 1.70 bits per heavy atom. The van der Waals surface area contributed by atoms with E-state index in [1.807, 2.05) is 48.5 Å². The molecule has 37 heavy (non-hydrogen) atoms. The molecule has 0 aliphatic carbocycles. The Bertz CT molecular complexity index is 1180. The van der Waals surface area contributed by atoms with Crippen LogP contribution < -0.4 is 19.5 Å². The number of carbonyl (C=O) groups is 1. The van der Waals surface area contributed by atoms with Gasteiger partial charge in [0.05, 0.1) is 21.3 Å². The number of ether oxygens (including phenoxy) is 3.